The van der Waals surface area contributed by atoms with E-state index >= 15 is 0 Å². The van der Waals surface area contributed by atoms with Crippen molar-refractivity contribution in [2.45, 2.75) is 38.1 Å². The van der Waals surface area contributed by atoms with Crippen LogP contribution in [0.1, 0.15) is 19.8 Å². The molecule has 0 aromatic rings. The van der Waals surface area contributed by atoms with Crippen molar-refractivity contribution in [1.29, 1.82) is 0 Å². The molecule has 1 aliphatic rings. The Bertz CT molecular complexity index is 335. The zero-order valence-corrected chi connectivity index (χ0v) is 8.99. The van der Waals surface area contributed by atoms with Crippen molar-refractivity contribution in [1.82, 2.24) is 0 Å². The lowest BCUT2D eigenvalue weighted by Gasteiger charge is -2.22. The second-order valence-corrected chi connectivity index (χ2v) is 3.55. The Morgan fingerprint density at radius 2 is 1.59 bits per heavy atom. The minimum Gasteiger partial charge on any atom is -0.458 e. The number of ether oxygens (including phenoxy) is 2. The van der Waals surface area contributed by atoms with Gasteiger partial charge in [0.1, 0.15) is 12.2 Å². The summed E-state index contributed by atoms with van der Waals surface area (Å²) in [5.74, 6) is -2.68. The van der Waals surface area contributed by atoms with Crippen LogP contribution >= 0.6 is 0 Å². The fourth-order valence-electron chi connectivity index (χ4n) is 1.38. The molecule has 4 nitrogen and oxygen atoms in total. The molecule has 17 heavy (non-hydrogen) atoms. The van der Waals surface area contributed by atoms with Crippen LogP contribution in [0.15, 0.2) is 12.2 Å². The number of esters is 2. The Morgan fingerprint density at radius 3 is 1.94 bits per heavy atom. The van der Waals surface area contributed by atoms with Gasteiger partial charge >= 0.3 is 18.1 Å². The van der Waals surface area contributed by atoms with Crippen molar-refractivity contribution in [2.75, 3.05) is 0 Å². The molecule has 0 aromatic heterocycles. The zero-order valence-electron chi connectivity index (χ0n) is 8.99. The number of halogens is 3. The largest absolute Gasteiger partial charge is 0.490 e. The third-order valence-electron chi connectivity index (χ3n) is 2.08. The van der Waals surface area contributed by atoms with Crippen LogP contribution in [0.5, 0.6) is 0 Å². The third kappa shape index (κ3) is 4.46. The molecule has 0 aliphatic heterocycles. The molecular weight excluding hydrogens is 241 g/mol. The SMILES string of the molecule is CC(=O)O[C@H]1C=C[C@H](OC(=O)C(F)(F)F)CC1. The van der Waals surface area contributed by atoms with Crippen molar-refractivity contribution >= 4 is 11.9 Å². The molecule has 7 heteroatoms. The van der Waals surface area contributed by atoms with Gasteiger partial charge in [0.05, 0.1) is 0 Å². The molecule has 0 unspecified atom stereocenters. The molecule has 0 fully saturated rings. The average molecular weight is 252 g/mol. The Balaban J connectivity index is 2.45. The summed E-state index contributed by atoms with van der Waals surface area (Å²) < 4.78 is 44.7. The Labute approximate surface area is 95.4 Å². The van der Waals surface area contributed by atoms with E-state index in [2.05, 4.69) is 4.74 Å². The van der Waals surface area contributed by atoms with E-state index in [0.717, 1.165) is 0 Å². The molecule has 1 aliphatic carbocycles. The molecule has 0 amide bonds. The van der Waals surface area contributed by atoms with Gasteiger partial charge < -0.3 is 9.47 Å². The summed E-state index contributed by atoms with van der Waals surface area (Å²) in [7, 11) is 0. The zero-order chi connectivity index (χ0) is 13.1. The summed E-state index contributed by atoms with van der Waals surface area (Å²) in [4.78, 5) is 21.1. The molecule has 96 valence electrons. The van der Waals surface area contributed by atoms with Crippen molar-refractivity contribution in [3.05, 3.63) is 12.2 Å². The molecule has 0 N–H and O–H groups in total. The Hall–Kier alpha value is -1.53. The average Bonchev–Trinajstić information content (AvgIpc) is 2.18. The van der Waals surface area contributed by atoms with Crippen molar-refractivity contribution in [2.24, 2.45) is 0 Å². The molecule has 1 rings (SSSR count). The summed E-state index contributed by atoms with van der Waals surface area (Å²) in [6.45, 7) is 1.24. The monoisotopic (exact) mass is 252 g/mol. The van der Waals surface area contributed by atoms with Gasteiger partial charge in [0.15, 0.2) is 0 Å². The van der Waals surface area contributed by atoms with Gasteiger partial charge in [-0.15, -0.1) is 0 Å². The smallest absolute Gasteiger partial charge is 0.458 e. The van der Waals surface area contributed by atoms with Gasteiger partial charge in [-0.05, 0) is 25.0 Å². The minimum absolute atomic E-state index is 0.191. The van der Waals surface area contributed by atoms with Gasteiger partial charge in [-0.25, -0.2) is 4.79 Å². The summed E-state index contributed by atoms with van der Waals surface area (Å²) >= 11 is 0. The van der Waals surface area contributed by atoms with Crippen LogP contribution in [0.3, 0.4) is 0 Å². The summed E-state index contributed by atoms with van der Waals surface area (Å²) in [6.07, 6.45) is -3.15. The molecule has 0 radical (unpaired) electrons. The van der Waals surface area contributed by atoms with Gasteiger partial charge in [0, 0.05) is 6.92 Å². The summed E-state index contributed by atoms with van der Waals surface area (Å²) in [5, 5.41) is 0. The minimum atomic E-state index is -4.99. The van der Waals surface area contributed by atoms with Gasteiger partial charge in [0.2, 0.25) is 0 Å². The molecule has 2 atom stereocenters. The summed E-state index contributed by atoms with van der Waals surface area (Å²) in [5.41, 5.74) is 0. The second kappa shape index (κ2) is 5.20. The van der Waals surface area contributed by atoms with Gasteiger partial charge in [-0.3, -0.25) is 4.79 Å². The van der Waals surface area contributed by atoms with E-state index in [1.54, 1.807) is 0 Å². The van der Waals surface area contributed by atoms with Gasteiger partial charge in [-0.1, -0.05) is 0 Å². The third-order valence-corrected chi connectivity index (χ3v) is 2.08. The first kappa shape index (κ1) is 13.5. The topological polar surface area (TPSA) is 52.6 Å². The Kier molecular flexibility index (Phi) is 4.14. The van der Waals surface area contributed by atoms with Crippen LogP contribution in [0.2, 0.25) is 0 Å². The standard InChI is InChI=1S/C10H11F3O4/c1-6(14)16-7-2-4-8(5-3-7)17-9(15)10(11,12)13/h2,4,7-8H,3,5H2,1H3/t7-,8-/m0/s1. The predicted molar refractivity (Wildman–Crippen MR) is 49.9 cm³/mol. The van der Waals surface area contributed by atoms with E-state index in [1.165, 1.54) is 19.1 Å². The van der Waals surface area contributed by atoms with E-state index in [-0.39, 0.29) is 6.42 Å². The van der Waals surface area contributed by atoms with E-state index < -0.39 is 30.3 Å². The molecule has 0 heterocycles. The van der Waals surface area contributed by atoms with Crippen LogP contribution < -0.4 is 0 Å². The lowest BCUT2D eigenvalue weighted by Crippen LogP contribution is -2.31. The van der Waals surface area contributed by atoms with E-state index in [9.17, 15) is 22.8 Å². The maximum atomic E-state index is 11.9. The van der Waals surface area contributed by atoms with Crippen molar-refractivity contribution in [3.8, 4) is 0 Å². The molecule has 0 saturated heterocycles. The van der Waals surface area contributed by atoms with Crippen LogP contribution in [-0.2, 0) is 19.1 Å². The normalized spacial score (nSPS) is 24.2. The van der Waals surface area contributed by atoms with Crippen LogP contribution in [-0.4, -0.2) is 30.3 Å². The van der Waals surface area contributed by atoms with Crippen LogP contribution in [0, 0.1) is 0 Å². The lowest BCUT2D eigenvalue weighted by molar-refractivity contribution is -0.203. The molecule has 0 bridgehead atoms. The van der Waals surface area contributed by atoms with Crippen LogP contribution in [0.25, 0.3) is 0 Å². The quantitative estimate of drug-likeness (QED) is 0.555. The highest BCUT2D eigenvalue weighted by atomic mass is 19.4. The van der Waals surface area contributed by atoms with Crippen LogP contribution in [0.4, 0.5) is 13.2 Å². The molecular formula is C10H11F3O4. The van der Waals surface area contributed by atoms with E-state index in [4.69, 9.17) is 4.74 Å². The van der Waals surface area contributed by atoms with Crippen molar-refractivity contribution in [3.63, 3.8) is 0 Å². The maximum absolute atomic E-state index is 11.9. The Morgan fingerprint density at radius 1 is 1.12 bits per heavy atom. The number of carbonyl (C=O) groups is 2. The highest BCUT2D eigenvalue weighted by molar-refractivity contribution is 5.75. The highest BCUT2D eigenvalue weighted by Crippen LogP contribution is 2.22. The number of rotatable bonds is 2. The number of alkyl halides is 3. The lowest BCUT2D eigenvalue weighted by atomic mass is 10.0. The fourth-order valence-corrected chi connectivity index (χ4v) is 1.38. The summed E-state index contributed by atoms with van der Waals surface area (Å²) in [6, 6.07) is 0. The molecule has 0 saturated carbocycles. The maximum Gasteiger partial charge on any atom is 0.490 e. The molecule has 0 spiro atoms. The fraction of sp³-hybridized carbons (Fsp3) is 0.600. The highest BCUT2D eigenvalue weighted by Gasteiger charge is 2.42. The number of hydrogen-bond donors (Lipinski definition) is 0. The number of hydrogen-bond acceptors (Lipinski definition) is 4. The predicted octanol–water partition coefficient (Wildman–Crippen LogP) is 1.74. The first-order valence-corrected chi connectivity index (χ1v) is 4.92. The second-order valence-electron chi connectivity index (χ2n) is 3.55. The van der Waals surface area contributed by atoms with Gasteiger partial charge in [0.25, 0.3) is 0 Å². The van der Waals surface area contributed by atoms with E-state index in [0.29, 0.717) is 6.42 Å². The number of carbonyl (C=O) groups excluding carboxylic acids is 2. The molecule has 0 aromatic carbocycles. The first-order chi connectivity index (χ1) is 7.79. The van der Waals surface area contributed by atoms with E-state index in [1.807, 2.05) is 0 Å². The first-order valence-electron chi connectivity index (χ1n) is 4.92. The van der Waals surface area contributed by atoms with Crippen molar-refractivity contribution < 1.29 is 32.2 Å². The van der Waals surface area contributed by atoms with Gasteiger partial charge in [-0.2, -0.15) is 13.2 Å².